The molecule has 3 heteroatoms. The SMILES string of the molecule is CCCCCCCCCCc1ccc(C(=O)OC)c(O)c1. The molecule has 21 heavy (non-hydrogen) atoms. The summed E-state index contributed by atoms with van der Waals surface area (Å²) in [5, 5.41) is 9.82. The molecule has 1 rings (SSSR count). The first kappa shape index (κ1) is 17.5. The van der Waals surface area contributed by atoms with Crippen LogP contribution in [0.5, 0.6) is 5.75 Å². The number of aromatic hydroxyl groups is 1. The lowest BCUT2D eigenvalue weighted by molar-refractivity contribution is 0.0597. The van der Waals surface area contributed by atoms with Gasteiger partial charge in [0.25, 0.3) is 0 Å². The molecule has 0 heterocycles. The van der Waals surface area contributed by atoms with Crippen molar-refractivity contribution in [3.05, 3.63) is 29.3 Å². The molecule has 0 aliphatic rings. The predicted molar refractivity (Wildman–Crippen MR) is 85.8 cm³/mol. The van der Waals surface area contributed by atoms with Crippen LogP contribution >= 0.6 is 0 Å². The number of aryl methyl sites for hydroxylation is 1. The van der Waals surface area contributed by atoms with Crippen LogP contribution in [0.2, 0.25) is 0 Å². The Morgan fingerprint density at radius 2 is 1.67 bits per heavy atom. The van der Waals surface area contributed by atoms with Crippen molar-refractivity contribution in [2.75, 3.05) is 7.11 Å². The van der Waals surface area contributed by atoms with Crippen LogP contribution in [-0.2, 0) is 11.2 Å². The van der Waals surface area contributed by atoms with Gasteiger partial charge in [-0.3, -0.25) is 0 Å². The highest BCUT2D eigenvalue weighted by Crippen LogP contribution is 2.21. The molecular weight excluding hydrogens is 264 g/mol. The third-order valence-corrected chi connectivity index (χ3v) is 3.79. The predicted octanol–water partition coefficient (Wildman–Crippen LogP) is 4.86. The minimum absolute atomic E-state index is 0.0129. The zero-order valence-corrected chi connectivity index (χ0v) is 13.4. The minimum Gasteiger partial charge on any atom is -0.507 e. The number of hydrogen-bond acceptors (Lipinski definition) is 3. The number of carbonyl (C=O) groups excluding carboxylic acids is 1. The number of unbranched alkanes of at least 4 members (excludes halogenated alkanes) is 7. The van der Waals surface area contributed by atoms with E-state index in [9.17, 15) is 9.90 Å². The number of phenolic OH excluding ortho intramolecular Hbond substituents is 1. The second-order valence-corrected chi connectivity index (χ2v) is 5.57. The van der Waals surface area contributed by atoms with Crippen molar-refractivity contribution >= 4 is 5.97 Å². The smallest absolute Gasteiger partial charge is 0.341 e. The monoisotopic (exact) mass is 292 g/mol. The highest BCUT2D eigenvalue weighted by atomic mass is 16.5. The highest BCUT2D eigenvalue weighted by molar-refractivity contribution is 5.92. The number of phenols is 1. The standard InChI is InChI=1S/C18H28O3/c1-3-4-5-6-7-8-9-10-11-15-12-13-16(17(19)14-15)18(20)21-2/h12-14,19H,3-11H2,1-2H3. The van der Waals surface area contributed by atoms with Gasteiger partial charge in [-0.15, -0.1) is 0 Å². The summed E-state index contributed by atoms with van der Waals surface area (Å²) in [5.74, 6) is -0.481. The Bertz CT molecular complexity index is 426. The van der Waals surface area contributed by atoms with E-state index in [-0.39, 0.29) is 11.3 Å². The van der Waals surface area contributed by atoms with E-state index >= 15 is 0 Å². The van der Waals surface area contributed by atoms with Crippen molar-refractivity contribution in [3.8, 4) is 5.75 Å². The molecule has 1 N–H and O–H groups in total. The van der Waals surface area contributed by atoms with Crippen LogP contribution in [0, 0.1) is 0 Å². The average molecular weight is 292 g/mol. The topological polar surface area (TPSA) is 46.5 Å². The minimum atomic E-state index is -0.494. The second-order valence-electron chi connectivity index (χ2n) is 5.57. The van der Waals surface area contributed by atoms with Crippen LogP contribution < -0.4 is 0 Å². The molecule has 0 aliphatic heterocycles. The molecule has 1 aromatic carbocycles. The van der Waals surface area contributed by atoms with E-state index in [2.05, 4.69) is 11.7 Å². The van der Waals surface area contributed by atoms with Crippen molar-refractivity contribution < 1.29 is 14.6 Å². The van der Waals surface area contributed by atoms with Gasteiger partial charge in [-0.2, -0.15) is 0 Å². The third kappa shape index (κ3) is 6.65. The number of ether oxygens (including phenoxy) is 1. The zero-order chi connectivity index (χ0) is 15.5. The number of rotatable bonds is 10. The molecule has 118 valence electrons. The van der Waals surface area contributed by atoms with E-state index in [0.717, 1.165) is 18.4 Å². The van der Waals surface area contributed by atoms with Crippen molar-refractivity contribution in [1.29, 1.82) is 0 Å². The van der Waals surface area contributed by atoms with Crippen molar-refractivity contribution in [1.82, 2.24) is 0 Å². The quantitative estimate of drug-likeness (QED) is 0.494. The van der Waals surface area contributed by atoms with Crippen LogP contribution in [0.4, 0.5) is 0 Å². The van der Waals surface area contributed by atoms with E-state index in [1.165, 1.54) is 52.1 Å². The van der Waals surface area contributed by atoms with Crippen molar-refractivity contribution in [2.45, 2.75) is 64.7 Å². The molecule has 0 aromatic heterocycles. The first-order chi connectivity index (χ1) is 10.2. The van der Waals surface area contributed by atoms with Gasteiger partial charge >= 0.3 is 5.97 Å². The van der Waals surface area contributed by atoms with Gasteiger partial charge in [0.1, 0.15) is 11.3 Å². The summed E-state index contributed by atoms with van der Waals surface area (Å²) in [7, 11) is 1.32. The molecule has 0 spiro atoms. The molecule has 0 unspecified atom stereocenters. The molecule has 0 aliphatic carbocycles. The lowest BCUT2D eigenvalue weighted by Crippen LogP contribution is -2.01. The number of esters is 1. The molecule has 0 saturated carbocycles. The van der Waals surface area contributed by atoms with E-state index < -0.39 is 5.97 Å². The lowest BCUT2D eigenvalue weighted by atomic mass is 10.0. The van der Waals surface area contributed by atoms with E-state index in [4.69, 9.17) is 0 Å². The van der Waals surface area contributed by atoms with Crippen LogP contribution in [0.3, 0.4) is 0 Å². The Kier molecular flexibility index (Phi) is 8.56. The summed E-state index contributed by atoms with van der Waals surface area (Å²) in [6.07, 6.45) is 11.3. The fraction of sp³-hybridized carbons (Fsp3) is 0.611. The Balaban J connectivity index is 2.24. The lowest BCUT2D eigenvalue weighted by Gasteiger charge is -2.06. The summed E-state index contributed by atoms with van der Waals surface area (Å²) in [5.41, 5.74) is 1.31. The summed E-state index contributed by atoms with van der Waals surface area (Å²) in [6, 6.07) is 5.21. The van der Waals surface area contributed by atoms with E-state index in [0.29, 0.717) is 0 Å². The largest absolute Gasteiger partial charge is 0.507 e. The second kappa shape index (κ2) is 10.3. The Labute approximate surface area is 128 Å². The maximum atomic E-state index is 11.4. The summed E-state index contributed by atoms with van der Waals surface area (Å²) >= 11 is 0. The summed E-state index contributed by atoms with van der Waals surface area (Å²) in [4.78, 5) is 11.4. The molecule has 0 amide bonds. The zero-order valence-electron chi connectivity index (χ0n) is 13.4. The Hall–Kier alpha value is -1.51. The van der Waals surface area contributed by atoms with Gasteiger partial charge in [0.15, 0.2) is 0 Å². The van der Waals surface area contributed by atoms with Gasteiger partial charge in [-0.05, 0) is 30.5 Å². The van der Waals surface area contributed by atoms with Crippen LogP contribution in [0.1, 0.15) is 74.2 Å². The van der Waals surface area contributed by atoms with Gasteiger partial charge < -0.3 is 9.84 Å². The number of hydrogen-bond donors (Lipinski definition) is 1. The molecule has 0 bridgehead atoms. The number of methoxy groups -OCH3 is 1. The molecule has 1 aromatic rings. The fourth-order valence-corrected chi connectivity index (χ4v) is 2.48. The Morgan fingerprint density at radius 3 is 2.24 bits per heavy atom. The average Bonchev–Trinajstić information content (AvgIpc) is 2.49. The summed E-state index contributed by atoms with van der Waals surface area (Å²) < 4.78 is 4.61. The van der Waals surface area contributed by atoms with Gasteiger partial charge in [0, 0.05) is 0 Å². The van der Waals surface area contributed by atoms with Crippen LogP contribution in [0.25, 0.3) is 0 Å². The van der Waals surface area contributed by atoms with Gasteiger partial charge in [-0.1, -0.05) is 57.9 Å². The third-order valence-electron chi connectivity index (χ3n) is 3.79. The van der Waals surface area contributed by atoms with Crippen LogP contribution in [-0.4, -0.2) is 18.2 Å². The molecular formula is C18H28O3. The highest BCUT2D eigenvalue weighted by Gasteiger charge is 2.11. The normalized spacial score (nSPS) is 10.6. The van der Waals surface area contributed by atoms with E-state index in [1.54, 1.807) is 12.1 Å². The number of benzene rings is 1. The first-order valence-electron chi connectivity index (χ1n) is 8.09. The van der Waals surface area contributed by atoms with Crippen molar-refractivity contribution in [3.63, 3.8) is 0 Å². The fourth-order valence-electron chi connectivity index (χ4n) is 2.48. The molecule has 0 saturated heterocycles. The van der Waals surface area contributed by atoms with Crippen molar-refractivity contribution in [2.24, 2.45) is 0 Å². The molecule has 0 fully saturated rings. The van der Waals surface area contributed by atoms with Gasteiger partial charge in [0.2, 0.25) is 0 Å². The summed E-state index contributed by atoms with van der Waals surface area (Å²) in [6.45, 7) is 2.24. The Morgan fingerprint density at radius 1 is 1.05 bits per heavy atom. The molecule has 3 nitrogen and oxygen atoms in total. The first-order valence-corrected chi connectivity index (χ1v) is 8.09. The van der Waals surface area contributed by atoms with Gasteiger partial charge in [0.05, 0.1) is 7.11 Å². The van der Waals surface area contributed by atoms with Gasteiger partial charge in [-0.25, -0.2) is 4.79 Å². The van der Waals surface area contributed by atoms with E-state index in [1.807, 2.05) is 6.07 Å². The number of carbonyl (C=O) groups is 1. The maximum absolute atomic E-state index is 11.4. The maximum Gasteiger partial charge on any atom is 0.341 e. The molecule has 0 radical (unpaired) electrons. The van der Waals surface area contributed by atoms with Crippen LogP contribution in [0.15, 0.2) is 18.2 Å². The molecule has 0 atom stereocenters.